The van der Waals surface area contributed by atoms with Crippen molar-refractivity contribution in [2.24, 2.45) is 0 Å². The second-order valence-electron chi connectivity index (χ2n) is 6.88. The van der Waals surface area contributed by atoms with Crippen LogP contribution in [-0.4, -0.2) is 35.1 Å². The Hall–Kier alpha value is -1.55. The zero-order valence-electron chi connectivity index (χ0n) is 14.4. The lowest BCUT2D eigenvalue weighted by atomic mass is 9.93. The second kappa shape index (κ2) is 5.92. The normalized spacial score (nSPS) is 14.8. The highest BCUT2D eigenvalue weighted by molar-refractivity contribution is 5.95. The third kappa shape index (κ3) is 2.50. The zero-order valence-corrected chi connectivity index (χ0v) is 14.4. The van der Waals surface area contributed by atoms with E-state index in [4.69, 9.17) is 10.7 Å². The van der Waals surface area contributed by atoms with Gasteiger partial charge in [0.15, 0.2) is 0 Å². The van der Waals surface area contributed by atoms with Crippen LogP contribution in [0, 0.1) is 13.8 Å². The molecule has 2 aromatic rings. The monoisotopic (exact) mass is 300 g/mol. The Morgan fingerprint density at radius 1 is 1.18 bits per heavy atom. The molecule has 1 aliphatic rings. The highest BCUT2D eigenvalue weighted by Gasteiger charge is 2.21. The van der Waals surface area contributed by atoms with Crippen molar-refractivity contribution in [3.63, 3.8) is 0 Å². The van der Waals surface area contributed by atoms with E-state index >= 15 is 0 Å². The van der Waals surface area contributed by atoms with Crippen molar-refractivity contribution < 1.29 is 0 Å². The van der Waals surface area contributed by atoms with E-state index in [9.17, 15) is 0 Å². The lowest BCUT2D eigenvalue weighted by Crippen LogP contribution is -2.16. The van der Waals surface area contributed by atoms with Crippen molar-refractivity contribution in [1.82, 2.24) is 14.5 Å². The summed E-state index contributed by atoms with van der Waals surface area (Å²) < 4.78 is 2.37. The maximum atomic E-state index is 6.54. The van der Waals surface area contributed by atoms with E-state index in [1.807, 2.05) is 0 Å². The first-order valence-corrected chi connectivity index (χ1v) is 8.42. The lowest BCUT2D eigenvalue weighted by Gasteiger charge is -2.18. The van der Waals surface area contributed by atoms with Crippen LogP contribution in [-0.2, 0) is 19.4 Å². The molecule has 0 aliphatic heterocycles. The van der Waals surface area contributed by atoms with Crippen molar-refractivity contribution in [2.45, 2.75) is 52.5 Å². The molecule has 0 saturated heterocycles. The van der Waals surface area contributed by atoms with Crippen molar-refractivity contribution in [2.75, 3.05) is 26.4 Å². The zero-order chi connectivity index (χ0) is 15.9. The van der Waals surface area contributed by atoms with Crippen molar-refractivity contribution in [3.8, 4) is 0 Å². The summed E-state index contributed by atoms with van der Waals surface area (Å²) in [5.74, 6) is 0. The Morgan fingerprint density at radius 2 is 1.91 bits per heavy atom. The molecule has 3 rings (SSSR count). The molecule has 0 fully saturated rings. The summed E-state index contributed by atoms with van der Waals surface area (Å²) in [7, 11) is 4.25. The molecule has 2 heterocycles. The van der Waals surface area contributed by atoms with Gasteiger partial charge in [0.1, 0.15) is 5.65 Å². The van der Waals surface area contributed by atoms with Crippen LogP contribution in [0.2, 0.25) is 0 Å². The van der Waals surface area contributed by atoms with Crippen LogP contribution in [0.1, 0.15) is 41.8 Å². The maximum absolute atomic E-state index is 6.54. The number of anilines is 1. The number of nitrogen functional groups attached to an aromatic ring is 1. The number of fused-ring (bicyclic) bond motifs is 2. The van der Waals surface area contributed by atoms with Gasteiger partial charge >= 0.3 is 0 Å². The Kier molecular flexibility index (Phi) is 4.13. The number of hydrogen-bond acceptors (Lipinski definition) is 3. The minimum atomic E-state index is 0.992. The number of aromatic nitrogens is 2. The first kappa shape index (κ1) is 15.3. The smallest absolute Gasteiger partial charge is 0.142 e. The third-order valence-electron chi connectivity index (χ3n) is 5.06. The summed E-state index contributed by atoms with van der Waals surface area (Å²) in [6, 6.07) is 0. The van der Waals surface area contributed by atoms with Crippen LogP contribution in [0.4, 0.5) is 5.69 Å². The highest BCUT2D eigenvalue weighted by Crippen LogP contribution is 2.35. The summed E-state index contributed by atoms with van der Waals surface area (Å²) in [4.78, 5) is 7.26. The van der Waals surface area contributed by atoms with Crippen molar-refractivity contribution in [1.29, 1.82) is 0 Å². The quantitative estimate of drug-likeness (QED) is 0.944. The van der Waals surface area contributed by atoms with E-state index in [0.29, 0.717) is 0 Å². The molecule has 120 valence electrons. The molecule has 0 unspecified atom stereocenters. The molecular formula is C18H28N4. The fourth-order valence-electron chi connectivity index (χ4n) is 3.68. The van der Waals surface area contributed by atoms with Gasteiger partial charge in [0.25, 0.3) is 0 Å². The minimum Gasteiger partial charge on any atom is -0.398 e. The average molecular weight is 300 g/mol. The fraction of sp³-hybridized carbons (Fsp3) is 0.611. The fourth-order valence-corrected chi connectivity index (χ4v) is 3.68. The average Bonchev–Trinajstić information content (AvgIpc) is 2.72. The van der Waals surface area contributed by atoms with E-state index < -0.39 is 0 Å². The van der Waals surface area contributed by atoms with Crippen molar-refractivity contribution in [3.05, 3.63) is 22.5 Å². The van der Waals surface area contributed by atoms with Gasteiger partial charge in [-0.2, -0.15) is 0 Å². The van der Waals surface area contributed by atoms with Gasteiger partial charge in [-0.15, -0.1) is 0 Å². The van der Waals surface area contributed by atoms with E-state index in [2.05, 4.69) is 37.4 Å². The Balaban J connectivity index is 2.08. The lowest BCUT2D eigenvalue weighted by molar-refractivity contribution is 0.387. The van der Waals surface area contributed by atoms with Crippen LogP contribution in [0.5, 0.6) is 0 Å². The van der Waals surface area contributed by atoms with Crippen molar-refractivity contribution >= 4 is 16.7 Å². The largest absolute Gasteiger partial charge is 0.398 e. The molecule has 2 aromatic heterocycles. The van der Waals surface area contributed by atoms with E-state index in [1.54, 1.807) is 0 Å². The summed E-state index contributed by atoms with van der Waals surface area (Å²) >= 11 is 0. The second-order valence-corrected chi connectivity index (χ2v) is 6.88. The number of hydrogen-bond donors (Lipinski definition) is 1. The number of nitrogens with two attached hydrogens (primary N) is 1. The van der Waals surface area contributed by atoms with Gasteiger partial charge in [-0.05, 0) is 77.7 Å². The first-order valence-electron chi connectivity index (χ1n) is 8.42. The van der Waals surface area contributed by atoms with Gasteiger partial charge in [0, 0.05) is 29.0 Å². The Bertz CT molecular complexity index is 697. The summed E-state index contributed by atoms with van der Waals surface area (Å²) in [6.45, 7) is 6.50. The molecule has 2 N–H and O–H groups in total. The van der Waals surface area contributed by atoms with Crippen LogP contribution < -0.4 is 5.73 Å². The number of nitrogens with zero attached hydrogens (tertiary/aromatic N) is 3. The number of aryl methyl sites for hydroxylation is 3. The number of rotatable bonds is 4. The van der Waals surface area contributed by atoms with Crippen LogP contribution in [0.25, 0.3) is 11.0 Å². The van der Waals surface area contributed by atoms with Crippen LogP contribution in [0.15, 0.2) is 0 Å². The van der Waals surface area contributed by atoms with Gasteiger partial charge in [0.05, 0.1) is 0 Å². The van der Waals surface area contributed by atoms with Gasteiger partial charge in [-0.25, -0.2) is 4.98 Å². The molecule has 0 radical (unpaired) electrons. The van der Waals surface area contributed by atoms with Crippen LogP contribution >= 0.6 is 0 Å². The van der Waals surface area contributed by atoms with Gasteiger partial charge in [-0.3, -0.25) is 0 Å². The van der Waals surface area contributed by atoms with Gasteiger partial charge in [-0.1, -0.05) is 0 Å². The Morgan fingerprint density at radius 3 is 2.64 bits per heavy atom. The minimum absolute atomic E-state index is 0.992. The predicted octanol–water partition coefficient (Wildman–Crippen LogP) is 3.07. The first-order chi connectivity index (χ1) is 10.5. The molecule has 0 aromatic carbocycles. The highest BCUT2D eigenvalue weighted by atomic mass is 15.1. The molecule has 4 heteroatoms. The molecule has 0 atom stereocenters. The van der Waals surface area contributed by atoms with Crippen LogP contribution in [0.3, 0.4) is 0 Å². The molecule has 0 saturated carbocycles. The SMILES string of the molecule is Cc1c(C)n(CCCN(C)C)c2nc3c(c(N)c12)CCCC3. The van der Waals surface area contributed by atoms with E-state index in [-0.39, 0.29) is 0 Å². The number of pyridine rings is 1. The molecule has 0 bridgehead atoms. The van der Waals surface area contributed by atoms with Gasteiger partial charge in [0.2, 0.25) is 0 Å². The maximum Gasteiger partial charge on any atom is 0.142 e. The Labute approximate surface area is 133 Å². The summed E-state index contributed by atoms with van der Waals surface area (Å²) in [6.07, 6.45) is 5.79. The predicted molar refractivity (Wildman–Crippen MR) is 93.4 cm³/mol. The molecule has 1 aliphatic carbocycles. The van der Waals surface area contributed by atoms with E-state index in [1.165, 1.54) is 40.7 Å². The standard InChI is InChI=1S/C18H28N4/c1-12-13(2)22(11-7-10-21(3)4)18-16(12)17(19)14-8-5-6-9-15(14)20-18/h5-11H2,1-4H3,(H2,19,20). The molecule has 22 heavy (non-hydrogen) atoms. The molecule has 0 spiro atoms. The summed E-state index contributed by atoms with van der Waals surface area (Å²) in [5.41, 5.74) is 13.8. The van der Waals surface area contributed by atoms with E-state index in [0.717, 1.165) is 43.7 Å². The molecular weight excluding hydrogens is 272 g/mol. The molecule has 4 nitrogen and oxygen atoms in total. The summed E-state index contributed by atoms with van der Waals surface area (Å²) in [5, 5.41) is 1.20. The third-order valence-corrected chi connectivity index (χ3v) is 5.06. The van der Waals surface area contributed by atoms with Gasteiger partial charge < -0.3 is 15.2 Å². The topological polar surface area (TPSA) is 47.1 Å². The molecule has 0 amide bonds.